The number of hydrogen-bond donors (Lipinski definition) is 1. The number of carbonyl (C=O) groups excluding carboxylic acids is 1. The lowest BCUT2D eigenvalue weighted by molar-refractivity contribution is -0.142. The number of nitrogens with zero attached hydrogens (tertiary/aromatic N) is 8. The predicted octanol–water partition coefficient (Wildman–Crippen LogP) is -0.365. The number of nitrogens with two attached hydrogens (primary N) is 1. The maximum atomic E-state index is 11.7. The highest BCUT2D eigenvalue weighted by atomic mass is 35.5. The van der Waals surface area contributed by atoms with Gasteiger partial charge in [-0.25, -0.2) is 9.97 Å². The second-order valence-electron chi connectivity index (χ2n) is 7.93. The Balaban J connectivity index is 1.38. The van der Waals surface area contributed by atoms with Crippen LogP contribution in [0.15, 0.2) is 12.4 Å². The van der Waals surface area contributed by atoms with Gasteiger partial charge in [0, 0.05) is 57.1 Å². The number of nitrogen functional groups attached to an aromatic ring is 1. The third-order valence-electron chi connectivity index (χ3n) is 5.69. The molecular formula is C18H22ClN9O2. The van der Waals surface area contributed by atoms with Crippen molar-refractivity contribution in [1.82, 2.24) is 29.8 Å². The first kappa shape index (κ1) is 19.2. The smallest absolute Gasteiger partial charge is 0.237 e. The summed E-state index contributed by atoms with van der Waals surface area (Å²) in [5, 5.41) is 0. The summed E-state index contributed by atoms with van der Waals surface area (Å²) < 4.78 is 5.45. The molecule has 11 nitrogen and oxygen atoms in total. The van der Waals surface area contributed by atoms with Crippen LogP contribution in [0.2, 0.25) is 0 Å². The summed E-state index contributed by atoms with van der Waals surface area (Å²) in [5.74, 6) is 1.96. The molecule has 3 fully saturated rings. The van der Waals surface area contributed by atoms with Gasteiger partial charge < -0.3 is 25.2 Å². The van der Waals surface area contributed by atoms with E-state index in [-0.39, 0.29) is 23.2 Å². The van der Waals surface area contributed by atoms with Crippen LogP contribution in [0.1, 0.15) is 0 Å². The van der Waals surface area contributed by atoms with E-state index in [0.717, 1.165) is 39.3 Å². The van der Waals surface area contributed by atoms with E-state index in [1.165, 1.54) is 0 Å². The molecule has 30 heavy (non-hydrogen) atoms. The number of likely N-dealkylation sites (tertiary alicyclic amines) is 1. The van der Waals surface area contributed by atoms with Crippen LogP contribution in [0.3, 0.4) is 0 Å². The van der Waals surface area contributed by atoms with Crippen LogP contribution < -0.4 is 15.5 Å². The minimum atomic E-state index is -0.0128. The molecule has 0 saturated carbocycles. The van der Waals surface area contributed by atoms with Gasteiger partial charge in [0.15, 0.2) is 5.82 Å². The first-order chi connectivity index (χ1) is 14.5. The molecule has 2 aromatic rings. The van der Waals surface area contributed by atoms with Crippen molar-refractivity contribution in [3.05, 3.63) is 12.4 Å². The normalized spacial score (nSPS) is 20.1. The minimum absolute atomic E-state index is 0.0128. The van der Waals surface area contributed by atoms with E-state index < -0.39 is 0 Å². The highest BCUT2D eigenvalue weighted by molar-refractivity contribution is 6.27. The third-order valence-corrected chi connectivity index (χ3v) is 5.92. The number of hydrogen-bond acceptors (Lipinski definition) is 10. The van der Waals surface area contributed by atoms with Crippen LogP contribution >= 0.6 is 11.6 Å². The molecule has 0 radical (unpaired) electrons. The van der Waals surface area contributed by atoms with Gasteiger partial charge in [-0.2, -0.15) is 15.0 Å². The van der Waals surface area contributed by atoms with Crippen LogP contribution in [-0.4, -0.2) is 94.1 Å². The number of amides is 1. The quantitative estimate of drug-likeness (QED) is 0.641. The Morgan fingerprint density at radius 2 is 1.67 bits per heavy atom. The summed E-state index contributed by atoms with van der Waals surface area (Å²) in [4.78, 5) is 39.9. The van der Waals surface area contributed by atoms with Crippen LogP contribution in [0, 0.1) is 5.41 Å². The predicted molar refractivity (Wildman–Crippen MR) is 110 cm³/mol. The Kier molecular flexibility index (Phi) is 4.78. The molecule has 2 aromatic heterocycles. The lowest BCUT2D eigenvalue weighted by Crippen LogP contribution is -2.73. The molecule has 0 aliphatic carbocycles. The Morgan fingerprint density at radius 3 is 2.30 bits per heavy atom. The van der Waals surface area contributed by atoms with Crippen LogP contribution in [0.4, 0.5) is 17.8 Å². The van der Waals surface area contributed by atoms with Crippen molar-refractivity contribution in [3.8, 4) is 11.4 Å². The zero-order chi connectivity index (χ0) is 20.7. The van der Waals surface area contributed by atoms with Gasteiger partial charge >= 0.3 is 0 Å². The molecule has 2 N–H and O–H groups in total. The minimum Gasteiger partial charge on any atom is -0.378 e. The summed E-state index contributed by atoms with van der Waals surface area (Å²) in [7, 11) is 0. The maximum absolute atomic E-state index is 11.7. The molecule has 0 bridgehead atoms. The van der Waals surface area contributed by atoms with Crippen LogP contribution in [-0.2, 0) is 9.53 Å². The topological polar surface area (TPSA) is 126 Å². The van der Waals surface area contributed by atoms with E-state index in [2.05, 4.69) is 29.7 Å². The number of halogens is 1. The third kappa shape index (κ3) is 3.47. The Bertz CT molecular complexity index is 937. The van der Waals surface area contributed by atoms with Crippen molar-refractivity contribution >= 4 is 35.4 Å². The number of rotatable bonds is 4. The summed E-state index contributed by atoms with van der Waals surface area (Å²) in [5.41, 5.74) is 6.40. The molecular weight excluding hydrogens is 410 g/mol. The fourth-order valence-corrected chi connectivity index (χ4v) is 4.28. The van der Waals surface area contributed by atoms with E-state index in [4.69, 9.17) is 27.1 Å². The van der Waals surface area contributed by atoms with Crippen molar-refractivity contribution < 1.29 is 9.53 Å². The fraction of sp³-hybridized carbons (Fsp3) is 0.556. The molecule has 3 aliphatic heterocycles. The number of ether oxygens (including phenoxy) is 1. The summed E-state index contributed by atoms with van der Waals surface area (Å²) in [6, 6.07) is 0. The van der Waals surface area contributed by atoms with Gasteiger partial charge in [0.1, 0.15) is 5.88 Å². The second-order valence-corrected chi connectivity index (χ2v) is 8.20. The molecule has 0 unspecified atom stereocenters. The molecule has 12 heteroatoms. The zero-order valence-corrected chi connectivity index (χ0v) is 17.1. The standard InChI is InChI=1S/C18H22ClN9O2/c19-5-13(29)27-8-18(9-27)10-28(11-18)17-24-14(12-6-21-15(20)22-7-12)23-16(25-17)26-1-3-30-4-2-26/h6-7H,1-5,8-11H2,(H2,20,21,22). The van der Waals surface area contributed by atoms with Crippen LogP contribution in [0.25, 0.3) is 11.4 Å². The summed E-state index contributed by atoms with van der Waals surface area (Å²) in [6.07, 6.45) is 3.23. The molecule has 5 heterocycles. The van der Waals surface area contributed by atoms with E-state index in [0.29, 0.717) is 36.5 Å². The first-order valence-electron chi connectivity index (χ1n) is 9.81. The number of morpholine rings is 1. The van der Waals surface area contributed by atoms with Crippen molar-refractivity contribution in [3.63, 3.8) is 0 Å². The molecule has 3 aliphatic rings. The van der Waals surface area contributed by atoms with Gasteiger partial charge in [-0.3, -0.25) is 4.79 Å². The Labute approximate surface area is 178 Å². The van der Waals surface area contributed by atoms with Gasteiger partial charge in [0.2, 0.25) is 23.8 Å². The van der Waals surface area contributed by atoms with E-state index >= 15 is 0 Å². The number of alkyl halides is 1. The molecule has 1 amide bonds. The van der Waals surface area contributed by atoms with Gasteiger partial charge in [0.25, 0.3) is 0 Å². The Hall–Kier alpha value is -2.79. The average Bonchev–Trinajstić information content (AvgIpc) is 2.72. The molecule has 0 aromatic carbocycles. The molecule has 5 rings (SSSR count). The maximum Gasteiger partial charge on any atom is 0.237 e. The van der Waals surface area contributed by atoms with Crippen molar-refractivity contribution in [2.45, 2.75) is 0 Å². The van der Waals surface area contributed by atoms with Gasteiger partial charge in [-0.15, -0.1) is 11.6 Å². The highest BCUT2D eigenvalue weighted by Gasteiger charge is 2.53. The van der Waals surface area contributed by atoms with Gasteiger partial charge in [-0.1, -0.05) is 0 Å². The molecule has 1 spiro atoms. The molecule has 3 saturated heterocycles. The van der Waals surface area contributed by atoms with Gasteiger partial charge in [-0.05, 0) is 0 Å². The average molecular weight is 432 g/mol. The number of aromatic nitrogens is 5. The lowest BCUT2D eigenvalue weighted by Gasteiger charge is -2.60. The zero-order valence-electron chi connectivity index (χ0n) is 16.4. The van der Waals surface area contributed by atoms with E-state index in [1.54, 1.807) is 17.3 Å². The first-order valence-corrected chi connectivity index (χ1v) is 10.3. The Morgan fingerprint density at radius 1 is 1.03 bits per heavy atom. The van der Waals surface area contributed by atoms with Crippen molar-refractivity contribution in [1.29, 1.82) is 0 Å². The molecule has 158 valence electrons. The van der Waals surface area contributed by atoms with E-state index in [9.17, 15) is 4.79 Å². The molecule has 0 atom stereocenters. The SMILES string of the molecule is Nc1ncc(-c2nc(N3CCOCC3)nc(N3CC4(CN(C(=O)CCl)C4)C3)n2)cn1. The van der Waals surface area contributed by atoms with Gasteiger partial charge in [0.05, 0.1) is 18.8 Å². The number of anilines is 3. The summed E-state index contributed by atoms with van der Waals surface area (Å²) >= 11 is 5.65. The summed E-state index contributed by atoms with van der Waals surface area (Å²) in [6.45, 7) is 5.77. The van der Waals surface area contributed by atoms with Crippen molar-refractivity contribution in [2.75, 3.05) is 73.9 Å². The fourth-order valence-electron chi connectivity index (χ4n) is 4.11. The van der Waals surface area contributed by atoms with Crippen molar-refractivity contribution in [2.24, 2.45) is 5.41 Å². The largest absolute Gasteiger partial charge is 0.378 e. The van der Waals surface area contributed by atoms with E-state index in [1.807, 2.05) is 0 Å². The van der Waals surface area contributed by atoms with Crippen LogP contribution in [0.5, 0.6) is 0 Å². The second kappa shape index (κ2) is 7.47. The lowest BCUT2D eigenvalue weighted by atomic mass is 9.73. The monoisotopic (exact) mass is 431 g/mol. The highest BCUT2D eigenvalue weighted by Crippen LogP contribution is 2.41. The number of carbonyl (C=O) groups is 1.